The summed E-state index contributed by atoms with van der Waals surface area (Å²) in [5.74, 6) is 0. The van der Waals surface area contributed by atoms with Gasteiger partial charge in [-0.2, -0.15) is 0 Å². The van der Waals surface area contributed by atoms with Gasteiger partial charge in [0.1, 0.15) is 11.8 Å². The van der Waals surface area contributed by atoms with Crippen LogP contribution in [0.1, 0.15) is 30.0 Å². The Morgan fingerprint density at radius 2 is 2.00 bits per heavy atom. The van der Waals surface area contributed by atoms with Crippen LogP contribution in [0, 0.1) is 12.3 Å². The summed E-state index contributed by atoms with van der Waals surface area (Å²) >= 11 is 1.71. The van der Waals surface area contributed by atoms with Gasteiger partial charge in [-0.25, -0.2) is 0 Å². The first-order valence-electron chi connectivity index (χ1n) is 8.19. The first kappa shape index (κ1) is 15.3. The Labute approximate surface area is 146 Å². The van der Waals surface area contributed by atoms with E-state index in [0.717, 1.165) is 23.3 Å². The highest BCUT2D eigenvalue weighted by atomic mass is 32.1. The molecule has 1 aromatic carbocycles. The van der Waals surface area contributed by atoms with Crippen LogP contribution in [0.5, 0.6) is 0 Å². The zero-order valence-electron chi connectivity index (χ0n) is 14.1. The van der Waals surface area contributed by atoms with Crippen molar-refractivity contribution in [3.8, 4) is 0 Å². The van der Waals surface area contributed by atoms with Gasteiger partial charge in [-0.3, -0.25) is 4.98 Å². The van der Waals surface area contributed by atoms with E-state index in [9.17, 15) is 0 Å². The van der Waals surface area contributed by atoms with E-state index in [1.165, 1.54) is 15.8 Å². The van der Waals surface area contributed by atoms with Gasteiger partial charge in [0.15, 0.2) is 0 Å². The second-order valence-electron chi connectivity index (χ2n) is 6.88. The molecule has 2 aromatic heterocycles. The number of pyridine rings is 1. The van der Waals surface area contributed by atoms with Gasteiger partial charge in [0.05, 0.1) is 15.8 Å². The Kier molecular flexibility index (Phi) is 3.65. The molecule has 122 valence electrons. The molecule has 1 aliphatic rings. The average molecular weight is 336 g/mol. The summed E-state index contributed by atoms with van der Waals surface area (Å²) in [5, 5.41) is 7.68. The van der Waals surface area contributed by atoms with Gasteiger partial charge in [-0.05, 0) is 36.1 Å². The van der Waals surface area contributed by atoms with Crippen LogP contribution in [0.4, 0.5) is 0 Å². The zero-order chi connectivity index (χ0) is 16.7. The van der Waals surface area contributed by atoms with Gasteiger partial charge >= 0.3 is 0 Å². The van der Waals surface area contributed by atoms with Crippen molar-refractivity contribution < 1.29 is 4.84 Å². The maximum atomic E-state index is 5.82. The second-order valence-corrected chi connectivity index (χ2v) is 7.83. The topological polar surface area (TPSA) is 34.5 Å². The molecule has 0 radical (unpaired) electrons. The third-order valence-corrected chi connectivity index (χ3v) is 5.69. The summed E-state index contributed by atoms with van der Waals surface area (Å²) < 4.78 is 0. The number of para-hydroxylation sites is 1. The van der Waals surface area contributed by atoms with Crippen LogP contribution in [0.2, 0.25) is 0 Å². The fraction of sp³-hybridized carbons (Fsp3) is 0.300. The maximum absolute atomic E-state index is 5.82. The molecule has 1 unspecified atom stereocenters. The number of aromatic nitrogens is 1. The molecule has 4 heteroatoms. The molecule has 3 heterocycles. The SMILES string of the molecule is Cc1cc(CC2ON=C(c3cccs3)C2(C)C)nc2ccccc12. The third kappa shape index (κ3) is 2.51. The van der Waals surface area contributed by atoms with E-state index in [1.54, 1.807) is 11.3 Å². The minimum absolute atomic E-state index is 0.00247. The largest absolute Gasteiger partial charge is 0.391 e. The van der Waals surface area contributed by atoms with E-state index in [-0.39, 0.29) is 11.5 Å². The van der Waals surface area contributed by atoms with E-state index in [4.69, 9.17) is 9.82 Å². The summed E-state index contributed by atoms with van der Waals surface area (Å²) in [6.45, 7) is 6.55. The Hall–Kier alpha value is -2.20. The number of hydrogen-bond donors (Lipinski definition) is 0. The first-order chi connectivity index (χ1) is 11.6. The number of benzene rings is 1. The molecule has 0 amide bonds. The molecule has 3 nitrogen and oxygen atoms in total. The van der Waals surface area contributed by atoms with Crippen molar-refractivity contribution in [3.05, 3.63) is 64.0 Å². The van der Waals surface area contributed by atoms with Gasteiger partial charge in [0, 0.05) is 17.5 Å². The fourth-order valence-electron chi connectivity index (χ4n) is 3.30. The van der Waals surface area contributed by atoms with Crippen LogP contribution < -0.4 is 0 Å². The van der Waals surface area contributed by atoms with E-state index in [1.807, 2.05) is 6.07 Å². The average Bonchev–Trinajstić information content (AvgIpc) is 3.16. The molecule has 0 N–H and O–H groups in total. The molecule has 0 saturated heterocycles. The fourth-order valence-corrected chi connectivity index (χ4v) is 4.17. The minimum atomic E-state index is -0.133. The summed E-state index contributed by atoms with van der Waals surface area (Å²) in [6.07, 6.45) is 0.763. The number of rotatable bonds is 3. The summed E-state index contributed by atoms with van der Waals surface area (Å²) in [7, 11) is 0. The van der Waals surface area contributed by atoms with Crippen LogP contribution in [-0.2, 0) is 11.3 Å². The lowest BCUT2D eigenvalue weighted by molar-refractivity contribution is 0.0365. The molecule has 1 aliphatic heterocycles. The standard InChI is InChI=1S/C20H20N2OS/c1-13-11-14(21-16-8-5-4-7-15(13)16)12-18-20(2,3)19(22-23-18)17-9-6-10-24-17/h4-11,18H,12H2,1-3H3. The molecule has 0 aliphatic carbocycles. The highest BCUT2D eigenvalue weighted by Crippen LogP contribution is 2.37. The summed E-state index contributed by atoms with van der Waals surface area (Å²) in [4.78, 5) is 11.8. The smallest absolute Gasteiger partial charge is 0.143 e. The summed E-state index contributed by atoms with van der Waals surface area (Å²) in [5.41, 5.74) is 4.27. The van der Waals surface area contributed by atoms with Gasteiger partial charge < -0.3 is 4.84 Å². The Morgan fingerprint density at radius 3 is 2.79 bits per heavy atom. The van der Waals surface area contributed by atoms with Crippen LogP contribution in [0.15, 0.2) is 53.0 Å². The number of thiophene rings is 1. The molecule has 4 rings (SSSR count). The van der Waals surface area contributed by atoms with Crippen molar-refractivity contribution in [2.24, 2.45) is 10.6 Å². The molecule has 0 bridgehead atoms. The molecule has 0 spiro atoms. The lowest BCUT2D eigenvalue weighted by Gasteiger charge is -2.25. The lowest BCUT2D eigenvalue weighted by atomic mass is 9.79. The minimum Gasteiger partial charge on any atom is -0.391 e. The van der Waals surface area contributed by atoms with Gasteiger partial charge in [0.25, 0.3) is 0 Å². The van der Waals surface area contributed by atoms with Crippen molar-refractivity contribution in [3.63, 3.8) is 0 Å². The third-order valence-electron chi connectivity index (χ3n) is 4.81. The van der Waals surface area contributed by atoms with Crippen molar-refractivity contribution >= 4 is 28.0 Å². The van der Waals surface area contributed by atoms with Crippen molar-refractivity contribution in [1.29, 1.82) is 0 Å². The highest BCUT2D eigenvalue weighted by Gasteiger charge is 2.43. The molecule has 0 saturated carbocycles. The normalized spacial score (nSPS) is 19.3. The number of fused-ring (bicyclic) bond motifs is 1. The van der Waals surface area contributed by atoms with Crippen LogP contribution in [-0.4, -0.2) is 16.8 Å². The number of nitrogens with zero attached hydrogens (tertiary/aromatic N) is 2. The first-order valence-corrected chi connectivity index (χ1v) is 9.07. The monoisotopic (exact) mass is 336 g/mol. The quantitative estimate of drug-likeness (QED) is 0.676. The predicted molar refractivity (Wildman–Crippen MR) is 99.7 cm³/mol. The van der Waals surface area contributed by atoms with E-state index < -0.39 is 0 Å². The Morgan fingerprint density at radius 1 is 1.17 bits per heavy atom. The molecule has 1 atom stereocenters. The predicted octanol–water partition coefficient (Wildman–Crippen LogP) is 4.98. The lowest BCUT2D eigenvalue weighted by Crippen LogP contribution is -2.34. The summed E-state index contributed by atoms with van der Waals surface area (Å²) in [6, 6.07) is 14.6. The second kappa shape index (κ2) is 5.71. The Bertz CT molecular complexity index is 913. The molecular weight excluding hydrogens is 316 g/mol. The Balaban J connectivity index is 1.63. The van der Waals surface area contributed by atoms with Gasteiger partial charge in [-0.15, -0.1) is 11.3 Å². The molecule has 0 fully saturated rings. The zero-order valence-corrected chi connectivity index (χ0v) is 14.9. The van der Waals surface area contributed by atoms with Crippen molar-refractivity contribution in [1.82, 2.24) is 4.98 Å². The van der Waals surface area contributed by atoms with Gasteiger partial charge in [0.2, 0.25) is 0 Å². The van der Waals surface area contributed by atoms with Crippen LogP contribution in [0.3, 0.4) is 0 Å². The number of oxime groups is 1. The van der Waals surface area contributed by atoms with Gasteiger partial charge in [-0.1, -0.05) is 43.3 Å². The molecule has 24 heavy (non-hydrogen) atoms. The highest BCUT2D eigenvalue weighted by molar-refractivity contribution is 7.12. The molecular formula is C20H20N2OS. The van der Waals surface area contributed by atoms with E-state index in [0.29, 0.717) is 0 Å². The maximum Gasteiger partial charge on any atom is 0.143 e. The van der Waals surface area contributed by atoms with Crippen molar-refractivity contribution in [2.75, 3.05) is 0 Å². The van der Waals surface area contributed by atoms with Crippen LogP contribution in [0.25, 0.3) is 10.9 Å². The van der Waals surface area contributed by atoms with E-state index >= 15 is 0 Å². The number of aryl methyl sites for hydroxylation is 1. The number of hydrogen-bond acceptors (Lipinski definition) is 4. The van der Waals surface area contributed by atoms with Crippen LogP contribution >= 0.6 is 11.3 Å². The van der Waals surface area contributed by atoms with Crippen molar-refractivity contribution in [2.45, 2.75) is 33.3 Å². The van der Waals surface area contributed by atoms with E-state index in [2.05, 4.69) is 67.7 Å². The molecule has 3 aromatic rings.